The molecule has 0 aliphatic carbocycles. The average molecular weight is 496 g/mol. The maximum atomic E-state index is 15.9. The van der Waals surface area contributed by atoms with Crippen LogP contribution >= 0.6 is 0 Å². The van der Waals surface area contributed by atoms with E-state index < -0.39 is 39.1 Å². The molecule has 0 aliphatic heterocycles. The Balaban J connectivity index is 2.30. The van der Waals surface area contributed by atoms with Crippen molar-refractivity contribution in [3.8, 4) is 23.4 Å². The number of hydrogen-bond donors (Lipinski definition) is 2. The number of nitrogens with one attached hydrogen (secondary N) is 1. The van der Waals surface area contributed by atoms with Crippen molar-refractivity contribution in [3.63, 3.8) is 0 Å². The van der Waals surface area contributed by atoms with Gasteiger partial charge >= 0.3 is 6.09 Å². The van der Waals surface area contributed by atoms with Gasteiger partial charge in [-0.2, -0.15) is 10.5 Å². The first kappa shape index (κ1) is 25.4. The largest absolute Gasteiger partial charge is 0.465 e. The molecule has 3 rings (SSSR count). The molecule has 1 aromatic carbocycles. The molecule has 0 saturated carbocycles. The van der Waals surface area contributed by atoms with Crippen LogP contribution in [0.25, 0.3) is 11.3 Å². The Morgan fingerprint density at radius 3 is 2.54 bits per heavy atom. The van der Waals surface area contributed by atoms with Gasteiger partial charge in [-0.15, -0.1) is 0 Å². The van der Waals surface area contributed by atoms with E-state index in [0.717, 1.165) is 12.3 Å². The predicted molar refractivity (Wildman–Crippen MR) is 124 cm³/mol. The highest BCUT2D eigenvalue weighted by molar-refractivity contribution is 7.90. The number of aromatic nitrogens is 2. The zero-order valence-electron chi connectivity index (χ0n) is 19.2. The van der Waals surface area contributed by atoms with E-state index in [9.17, 15) is 28.8 Å². The number of benzene rings is 1. The number of amides is 1. The lowest BCUT2D eigenvalue weighted by molar-refractivity contribution is 0.174. The molecule has 0 saturated heterocycles. The molecular weight excluding hydrogens is 473 g/mol. The van der Waals surface area contributed by atoms with Gasteiger partial charge < -0.3 is 10.4 Å². The highest BCUT2D eigenvalue weighted by Crippen LogP contribution is 2.34. The summed E-state index contributed by atoms with van der Waals surface area (Å²) in [4.78, 5) is 15.0. The summed E-state index contributed by atoms with van der Waals surface area (Å²) in [5, 5.41) is 30.3. The summed E-state index contributed by atoms with van der Waals surface area (Å²) >= 11 is 0. The molecule has 1 amide bonds. The fourth-order valence-corrected chi connectivity index (χ4v) is 4.99. The van der Waals surface area contributed by atoms with Crippen LogP contribution in [0.1, 0.15) is 37.6 Å². The third-order valence-electron chi connectivity index (χ3n) is 5.44. The number of carbonyl (C=O) groups is 1. The summed E-state index contributed by atoms with van der Waals surface area (Å²) in [5.74, 6) is -0.920. The molecule has 9 nitrogen and oxygen atoms in total. The Morgan fingerprint density at radius 1 is 1.23 bits per heavy atom. The SMILES string of the molecule is CC(C)(C)C(Cc1cn(S(=O)(=O)c2cccc(C#N)c2)c(-c2cccnc2C#N)c1F)NC(=O)O. The maximum Gasteiger partial charge on any atom is 0.404 e. The van der Waals surface area contributed by atoms with E-state index in [4.69, 9.17) is 0 Å². The first-order valence-corrected chi connectivity index (χ1v) is 11.8. The van der Waals surface area contributed by atoms with Crippen molar-refractivity contribution in [1.29, 1.82) is 10.5 Å². The molecule has 2 heterocycles. The number of carboxylic acid groups (broad SMARTS) is 1. The van der Waals surface area contributed by atoms with Crippen LogP contribution in [0.2, 0.25) is 0 Å². The summed E-state index contributed by atoms with van der Waals surface area (Å²) in [6.07, 6.45) is 0.948. The highest BCUT2D eigenvalue weighted by atomic mass is 32.2. The minimum Gasteiger partial charge on any atom is -0.465 e. The molecule has 1 unspecified atom stereocenters. The minimum atomic E-state index is -4.42. The van der Waals surface area contributed by atoms with E-state index in [2.05, 4.69) is 10.3 Å². The Morgan fingerprint density at radius 2 is 1.94 bits per heavy atom. The van der Waals surface area contributed by atoms with Gasteiger partial charge in [0, 0.05) is 29.6 Å². The van der Waals surface area contributed by atoms with Crippen molar-refractivity contribution >= 4 is 16.1 Å². The highest BCUT2D eigenvalue weighted by Gasteiger charge is 2.32. The van der Waals surface area contributed by atoms with Crippen LogP contribution in [0, 0.1) is 33.9 Å². The van der Waals surface area contributed by atoms with Crippen LogP contribution < -0.4 is 5.32 Å². The molecule has 1 atom stereocenters. The number of rotatable bonds is 6. The quantitative estimate of drug-likeness (QED) is 0.527. The van der Waals surface area contributed by atoms with Crippen molar-refractivity contribution in [2.24, 2.45) is 5.41 Å². The van der Waals surface area contributed by atoms with E-state index in [1.807, 2.05) is 12.1 Å². The molecular formula is C24H22FN5O4S. The van der Waals surface area contributed by atoms with Crippen LogP contribution in [0.5, 0.6) is 0 Å². The molecule has 3 aromatic rings. The van der Waals surface area contributed by atoms with Gasteiger partial charge in [-0.25, -0.2) is 26.6 Å². The van der Waals surface area contributed by atoms with Gasteiger partial charge in [-0.05, 0) is 42.2 Å². The summed E-state index contributed by atoms with van der Waals surface area (Å²) in [6, 6.07) is 11.0. The number of halogens is 1. The van der Waals surface area contributed by atoms with Crippen molar-refractivity contribution in [1.82, 2.24) is 14.3 Å². The Hall–Kier alpha value is -4.22. The Labute approximate surface area is 202 Å². The zero-order chi connectivity index (χ0) is 26.0. The summed E-state index contributed by atoms with van der Waals surface area (Å²) in [6.45, 7) is 5.30. The average Bonchev–Trinajstić information content (AvgIpc) is 3.14. The number of nitriles is 2. The second kappa shape index (κ2) is 9.57. The lowest BCUT2D eigenvalue weighted by atomic mass is 9.83. The van der Waals surface area contributed by atoms with Gasteiger partial charge in [0.25, 0.3) is 10.0 Å². The Bertz CT molecular complexity index is 1480. The lowest BCUT2D eigenvalue weighted by Gasteiger charge is -2.30. The number of pyridine rings is 1. The van der Waals surface area contributed by atoms with Crippen LogP contribution in [0.15, 0.2) is 53.7 Å². The van der Waals surface area contributed by atoms with Gasteiger partial charge in [0.05, 0.1) is 16.5 Å². The third-order valence-corrected chi connectivity index (χ3v) is 7.09. The van der Waals surface area contributed by atoms with Gasteiger partial charge in [0.15, 0.2) is 5.82 Å². The number of hydrogen-bond acceptors (Lipinski definition) is 6. The first-order valence-electron chi connectivity index (χ1n) is 10.4. The second-order valence-corrected chi connectivity index (χ2v) is 10.7. The normalized spacial score (nSPS) is 12.4. The van der Waals surface area contributed by atoms with Crippen LogP contribution in [-0.2, 0) is 16.4 Å². The predicted octanol–water partition coefficient (Wildman–Crippen LogP) is 3.89. The molecule has 0 bridgehead atoms. The summed E-state index contributed by atoms with van der Waals surface area (Å²) in [7, 11) is -4.42. The van der Waals surface area contributed by atoms with E-state index >= 15 is 4.39 Å². The molecule has 0 fully saturated rings. The fourth-order valence-electron chi connectivity index (χ4n) is 3.55. The molecule has 35 heavy (non-hydrogen) atoms. The van der Waals surface area contributed by atoms with E-state index in [1.165, 1.54) is 36.5 Å². The second-order valence-electron chi connectivity index (χ2n) is 8.84. The molecule has 2 N–H and O–H groups in total. The third kappa shape index (κ3) is 5.15. The topological polar surface area (TPSA) is 149 Å². The first-order chi connectivity index (χ1) is 16.4. The van der Waals surface area contributed by atoms with Gasteiger partial charge in [0.1, 0.15) is 17.5 Å². The van der Waals surface area contributed by atoms with E-state index in [0.29, 0.717) is 3.97 Å². The smallest absolute Gasteiger partial charge is 0.404 e. The number of nitrogens with zero attached hydrogens (tertiary/aromatic N) is 4. The van der Waals surface area contributed by atoms with E-state index in [1.54, 1.807) is 20.8 Å². The standard InChI is InChI=1S/C24H22FN5O4S/c1-24(2,3)20(29-23(31)32)11-16-14-30(35(33,34)17-7-4-6-15(10-17)12-26)22(21(16)25)18-8-5-9-28-19(18)13-27/h4-10,14,20,29H,11H2,1-3H3,(H,31,32). The van der Waals surface area contributed by atoms with Gasteiger partial charge in [0.2, 0.25) is 0 Å². The Kier molecular flexibility index (Phi) is 6.94. The van der Waals surface area contributed by atoms with Gasteiger partial charge in [-0.3, -0.25) is 0 Å². The lowest BCUT2D eigenvalue weighted by Crippen LogP contribution is -2.44. The van der Waals surface area contributed by atoms with Crippen molar-refractivity contribution < 1.29 is 22.7 Å². The minimum absolute atomic E-state index is 0.0442. The summed E-state index contributed by atoms with van der Waals surface area (Å²) in [5.41, 5.74) is -1.24. The molecule has 0 aliphatic rings. The van der Waals surface area contributed by atoms with Crippen LogP contribution in [0.3, 0.4) is 0 Å². The molecule has 0 spiro atoms. The zero-order valence-corrected chi connectivity index (χ0v) is 20.0. The molecule has 2 aromatic heterocycles. The fraction of sp³-hybridized carbons (Fsp3) is 0.250. The van der Waals surface area contributed by atoms with Gasteiger partial charge in [-0.1, -0.05) is 26.8 Å². The molecule has 11 heteroatoms. The summed E-state index contributed by atoms with van der Waals surface area (Å²) < 4.78 is 43.8. The van der Waals surface area contributed by atoms with Crippen molar-refractivity contribution in [2.45, 2.75) is 38.1 Å². The molecule has 180 valence electrons. The van der Waals surface area contributed by atoms with Crippen molar-refractivity contribution in [2.75, 3.05) is 0 Å². The van der Waals surface area contributed by atoms with Crippen LogP contribution in [-0.4, -0.2) is 34.6 Å². The monoisotopic (exact) mass is 495 g/mol. The molecule has 0 radical (unpaired) electrons. The van der Waals surface area contributed by atoms with E-state index in [-0.39, 0.29) is 33.7 Å². The van der Waals surface area contributed by atoms with Crippen LogP contribution in [0.4, 0.5) is 9.18 Å². The maximum absolute atomic E-state index is 15.9. The van der Waals surface area contributed by atoms with Crippen molar-refractivity contribution in [3.05, 3.63) is 71.4 Å².